The summed E-state index contributed by atoms with van der Waals surface area (Å²) in [5.41, 5.74) is 5.93. The number of imidazole rings is 1. The fourth-order valence-corrected chi connectivity index (χ4v) is 3.26. The summed E-state index contributed by atoms with van der Waals surface area (Å²) < 4.78 is 31.5. The molecule has 0 aliphatic rings. The number of nitrogens with zero attached hydrogens (tertiary/aromatic N) is 2. The molecule has 33 heavy (non-hydrogen) atoms. The summed E-state index contributed by atoms with van der Waals surface area (Å²) >= 11 is 7.43. The van der Waals surface area contributed by atoms with Crippen molar-refractivity contribution in [2.45, 2.75) is 6.18 Å². The highest BCUT2D eigenvalue weighted by atomic mass is 35.5. The van der Waals surface area contributed by atoms with Crippen LogP contribution in [0.2, 0.25) is 5.02 Å². The Kier molecular flexibility index (Phi) is 7.19. The average molecular weight is 498 g/mol. The van der Waals surface area contributed by atoms with Crippen LogP contribution in [0.5, 0.6) is 0 Å². The number of aromatic nitrogens is 3. The molecule has 0 bridgehead atoms. The Bertz CT molecular complexity index is 1260. The summed E-state index contributed by atoms with van der Waals surface area (Å²) in [6.45, 7) is 0. The Labute approximate surface area is 193 Å². The van der Waals surface area contributed by atoms with Gasteiger partial charge in [0.15, 0.2) is 16.7 Å². The number of thiazole rings is 1. The molecule has 172 valence electrons. The Balaban J connectivity index is 0.000000383. The van der Waals surface area contributed by atoms with E-state index in [0.29, 0.717) is 10.7 Å². The Morgan fingerprint density at radius 1 is 1.21 bits per heavy atom. The van der Waals surface area contributed by atoms with Crippen molar-refractivity contribution in [3.63, 3.8) is 0 Å². The molecule has 0 radical (unpaired) electrons. The lowest BCUT2D eigenvalue weighted by molar-refractivity contribution is -0.344. The second-order valence-electron chi connectivity index (χ2n) is 6.51. The van der Waals surface area contributed by atoms with Crippen LogP contribution < -0.4 is 20.3 Å². The minimum atomic E-state index is -5.19. The van der Waals surface area contributed by atoms with Crippen LogP contribution in [-0.2, 0) is 4.79 Å². The van der Waals surface area contributed by atoms with Crippen molar-refractivity contribution in [2.24, 2.45) is 0 Å². The molecular formula is C20H15ClF3N5O3S. The number of nitrogens with one attached hydrogen (secondary N) is 3. The van der Waals surface area contributed by atoms with Gasteiger partial charge in [0.2, 0.25) is 0 Å². The predicted molar refractivity (Wildman–Crippen MR) is 116 cm³/mol. The van der Waals surface area contributed by atoms with Gasteiger partial charge in [0.1, 0.15) is 5.97 Å². The van der Waals surface area contributed by atoms with Gasteiger partial charge in [-0.05, 0) is 36.4 Å². The van der Waals surface area contributed by atoms with Crippen LogP contribution in [0, 0.1) is 0 Å². The molecule has 4 rings (SSSR count). The van der Waals surface area contributed by atoms with E-state index >= 15 is 0 Å². The number of urea groups is 1. The van der Waals surface area contributed by atoms with Crippen LogP contribution in [0.4, 0.5) is 29.3 Å². The normalized spacial score (nSPS) is 10.9. The number of rotatable bonds is 3. The van der Waals surface area contributed by atoms with Crippen LogP contribution in [-0.4, -0.2) is 35.2 Å². The predicted octanol–water partition coefficient (Wildman–Crippen LogP) is 3.73. The third-order valence-electron chi connectivity index (χ3n) is 4.23. The van der Waals surface area contributed by atoms with Crippen molar-refractivity contribution in [1.82, 2.24) is 9.97 Å². The Hall–Kier alpha value is -3.64. The van der Waals surface area contributed by atoms with Gasteiger partial charge in [-0.3, -0.25) is 4.90 Å². The van der Waals surface area contributed by atoms with Crippen molar-refractivity contribution in [1.29, 1.82) is 0 Å². The minimum Gasteiger partial charge on any atom is -0.542 e. The molecule has 0 atom stereocenters. The number of H-pyrrole nitrogens is 2. The first-order chi connectivity index (χ1) is 15.5. The van der Waals surface area contributed by atoms with Gasteiger partial charge >= 0.3 is 18.0 Å². The number of alkyl halides is 3. The van der Waals surface area contributed by atoms with Crippen LogP contribution in [0.15, 0.2) is 53.4 Å². The summed E-state index contributed by atoms with van der Waals surface area (Å²) in [4.78, 5) is 33.7. The van der Waals surface area contributed by atoms with Gasteiger partial charge in [-0.15, -0.1) is 11.3 Å². The lowest BCUT2D eigenvalue weighted by atomic mass is 10.2. The van der Waals surface area contributed by atoms with E-state index in [-0.39, 0.29) is 6.03 Å². The van der Waals surface area contributed by atoms with Gasteiger partial charge in [-0.25, -0.2) is 19.7 Å². The van der Waals surface area contributed by atoms with Crippen molar-refractivity contribution in [2.75, 3.05) is 17.3 Å². The molecule has 0 aliphatic heterocycles. The summed E-state index contributed by atoms with van der Waals surface area (Å²) in [6.07, 6.45) is -5.19. The number of amides is 2. The van der Waals surface area contributed by atoms with Crippen LogP contribution >= 0.6 is 22.9 Å². The summed E-state index contributed by atoms with van der Waals surface area (Å²) in [7, 11) is 1.71. The zero-order valence-corrected chi connectivity index (χ0v) is 18.3. The summed E-state index contributed by atoms with van der Waals surface area (Å²) in [5.74, 6) is -2.17. The number of aliphatic carboxylic acids is 1. The number of carbonyl (C=O) groups is 2. The molecule has 2 aromatic carbocycles. The third kappa shape index (κ3) is 6.20. The summed E-state index contributed by atoms with van der Waals surface area (Å²) in [5, 5.41) is 14.3. The van der Waals surface area contributed by atoms with Gasteiger partial charge in [-0.2, -0.15) is 13.2 Å². The number of aromatic amines is 2. The molecule has 4 aromatic rings. The van der Waals surface area contributed by atoms with E-state index in [1.54, 1.807) is 36.8 Å². The number of benzene rings is 2. The van der Waals surface area contributed by atoms with E-state index in [1.807, 2.05) is 23.6 Å². The molecular weight excluding hydrogens is 483 g/mol. The monoisotopic (exact) mass is 497 g/mol. The number of halogens is 4. The standard InChI is InChI=1S/C18H14ClN5OS.C2HF3O2/c1-24(13-5-2-11(19)3-6-13)18(25)21-12-4-7-14-15(8-12)23-17(22-14)16-9-26-10-20-16;3-2(4,5)1(6)7/h2-10H,1H3,(H,21,25)(H,22,23);(H,6,7). The SMILES string of the molecule is CN(C(=O)Nc1ccc2[nH+]c(-c3cscn3)[nH]c2c1)c1ccc(Cl)cc1.O=C([O-])C(F)(F)F. The van der Waals surface area contributed by atoms with Gasteiger partial charge in [0.05, 0.1) is 5.51 Å². The topological polar surface area (TPSA) is 115 Å². The van der Waals surface area contributed by atoms with Crippen LogP contribution in [0.3, 0.4) is 0 Å². The first kappa shape index (κ1) is 24.0. The van der Waals surface area contributed by atoms with E-state index in [9.17, 15) is 18.0 Å². The number of hydrogen-bond donors (Lipinski definition) is 2. The molecule has 13 heteroatoms. The Morgan fingerprint density at radius 3 is 2.45 bits per heavy atom. The van der Waals surface area contributed by atoms with Crippen molar-refractivity contribution >= 4 is 57.3 Å². The molecule has 2 amide bonds. The van der Waals surface area contributed by atoms with Crippen molar-refractivity contribution < 1.29 is 32.9 Å². The highest BCUT2D eigenvalue weighted by molar-refractivity contribution is 7.07. The largest absolute Gasteiger partial charge is 0.542 e. The van der Waals surface area contributed by atoms with E-state index in [1.165, 1.54) is 16.2 Å². The number of anilines is 2. The smallest absolute Gasteiger partial charge is 0.430 e. The maximum Gasteiger partial charge on any atom is 0.430 e. The first-order valence-corrected chi connectivity index (χ1v) is 10.4. The van der Waals surface area contributed by atoms with E-state index in [0.717, 1.165) is 28.2 Å². The van der Waals surface area contributed by atoms with Gasteiger partial charge in [0, 0.05) is 34.9 Å². The highest BCUT2D eigenvalue weighted by Gasteiger charge is 2.28. The summed E-state index contributed by atoms with van der Waals surface area (Å²) in [6, 6.07) is 12.5. The zero-order chi connectivity index (χ0) is 24.2. The lowest BCUT2D eigenvalue weighted by Gasteiger charge is -2.18. The number of hydrogen-bond acceptors (Lipinski definition) is 5. The first-order valence-electron chi connectivity index (χ1n) is 9.06. The molecule has 0 aliphatic carbocycles. The van der Waals surface area contributed by atoms with E-state index in [4.69, 9.17) is 21.5 Å². The van der Waals surface area contributed by atoms with Crippen molar-refractivity contribution in [3.8, 4) is 11.5 Å². The second kappa shape index (κ2) is 9.88. The van der Waals surface area contributed by atoms with Crippen LogP contribution in [0.1, 0.15) is 0 Å². The third-order valence-corrected chi connectivity index (χ3v) is 5.07. The molecule has 0 saturated heterocycles. The number of carbonyl (C=O) groups excluding carboxylic acids is 2. The highest BCUT2D eigenvalue weighted by Crippen LogP contribution is 2.21. The molecule has 2 heterocycles. The molecule has 2 aromatic heterocycles. The fraction of sp³-hybridized carbons (Fsp3) is 0.100. The number of fused-ring (bicyclic) bond motifs is 1. The molecule has 0 saturated carbocycles. The zero-order valence-electron chi connectivity index (χ0n) is 16.7. The van der Waals surface area contributed by atoms with Gasteiger partial charge < -0.3 is 15.2 Å². The van der Waals surface area contributed by atoms with Crippen LogP contribution in [0.25, 0.3) is 22.6 Å². The van der Waals surface area contributed by atoms with Gasteiger partial charge in [-0.1, -0.05) is 11.6 Å². The second-order valence-corrected chi connectivity index (χ2v) is 7.66. The minimum absolute atomic E-state index is 0.234. The molecule has 0 spiro atoms. The maximum atomic E-state index is 12.5. The quantitative estimate of drug-likeness (QED) is 0.448. The molecule has 8 nitrogen and oxygen atoms in total. The molecule has 0 fully saturated rings. The molecule has 3 N–H and O–H groups in total. The fourth-order valence-electron chi connectivity index (χ4n) is 2.59. The lowest BCUT2D eigenvalue weighted by Crippen LogP contribution is -2.37. The Morgan fingerprint density at radius 2 is 1.88 bits per heavy atom. The molecule has 0 unspecified atom stereocenters. The maximum absolute atomic E-state index is 12.5. The van der Waals surface area contributed by atoms with Gasteiger partial charge in [0.25, 0.3) is 0 Å². The van der Waals surface area contributed by atoms with E-state index in [2.05, 4.69) is 20.3 Å². The average Bonchev–Trinajstić information content (AvgIpc) is 3.43. The number of carboxylic acid groups (broad SMARTS) is 1. The number of carboxylic acids is 1. The van der Waals surface area contributed by atoms with E-state index < -0.39 is 12.1 Å². The van der Waals surface area contributed by atoms with Crippen molar-refractivity contribution in [3.05, 3.63) is 58.4 Å².